The number of rotatable bonds is 4. The van der Waals surface area contributed by atoms with Crippen molar-refractivity contribution in [1.82, 2.24) is 15.2 Å². The summed E-state index contributed by atoms with van der Waals surface area (Å²) in [6, 6.07) is 10.4. The zero-order valence-electron chi connectivity index (χ0n) is 12.2. The van der Waals surface area contributed by atoms with Crippen LogP contribution in [-0.2, 0) is 0 Å². The average Bonchev–Trinajstić information content (AvgIpc) is 3.05. The van der Waals surface area contributed by atoms with Gasteiger partial charge in [-0.2, -0.15) is 5.10 Å². The van der Waals surface area contributed by atoms with Gasteiger partial charge in [0.1, 0.15) is 5.82 Å². The molecule has 0 bridgehead atoms. The fraction of sp³-hybridized carbons (Fsp3) is 0.0667. The minimum Gasteiger partial charge on any atom is -0.502 e. The Labute approximate surface area is 141 Å². The highest BCUT2D eigenvalue weighted by Crippen LogP contribution is 2.30. The molecule has 1 heterocycles. The fourth-order valence-corrected chi connectivity index (χ4v) is 2.31. The predicted octanol–water partition coefficient (Wildman–Crippen LogP) is 2.79. The number of nitro groups is 1. The monoisotopic (exact) mass is 345 g/mol. The van der Waals surface area contributed by atoms with E-state index in [-0.39, 0.29) is 5.82 Å². The molecule has 9 heteroatoms. The first-order chi connectivity index (χ1) is 11.5. The molecule has 0 spiro atoms. The number of nitrogens with zero attached hydrogens (tertiary/aromatic N) is 3. The van der Waals surface area contributed by atoms with Crippen LogP contribution < -0.4 is 5.73 Å². The Hall–Kier alpha value is -2.97. The lowest BCUT2D eigenvalue weighted by Gasteiger charge is -2.08. The van der Waals surface area contributed by atoms with Gasteiger partial charge in [0.25, 0.3) is 0 Å². The summed E-state index contributed by atoms with van der Waals surface area (Å²) >= 11 is 5.85. The highest BCUT2D eigenvalue weighted by atomic mass is 35.5. The number of aromatic hydroxyl groups is 1. The quantitative estimate of drug-likeness (QED) is 0.492. The summed E-state index contributed by atoms with van der Waals surface area (Å²) in [5.41, 5.74) is 6.90. The summed E-state index contributed by atoms with van der Waals surface area (Å²) in [6.45, 7) is 0. The summed E-state index contributed by atoms with van der Waals surface area (Å²) in [5, 5.41) is 27.8. The van der Waals surface area contributed by atoms with Gasteiger partial charge in [-0.25, -0.2) is 4.98 Å². The smallest absolute Gasteiger partial charge is 0.311 e. The topological polar surface area (TPSA) is 131 Å². The Morgan fingerprint density at radius 2 is 1.96 bits per heavy atom. The molecular weight excluding hydrogens is 334 g/mol. The van der Waals surface area contributed by atoms with Gasteiger partial charge in [-0.3, -0.25) is 15.2 Å². The van der Waals surface area contributed by atoms with Gasteiger partial charge in [-0.15, -0.1) is 0 Å². The third kappa shape index (κ3) is 3.05. The van der Waals surface area contributed by atoms with Gasteiger partial charge in [-0.1, -0.05) is 23.7 Å². The molecule has 4 N–H and O–H groups in total. The first kappa shape index (κ1) is 15.9. The van der Waals surface area contributed by atoms with Crippen LogP contribution in [0.4, 0.5) is 5.69 Å². The van der Waals surface area contributed by atoms with Gasteiger partial charge >= 0.3 is 5.69 Å². The summed E-state index contributed by atoms with van der Waals surface area (Å²) in [5.74, 6) is 0.234. The van der Waals surface area contributed by atoms with Crippen molar-refractivity contribution in [2.45, 2.75) is 6.04 Å². The third-order valence-corrected chi connectivity index (χ3v) is 3.71. The number of benzene rings is 2. The Balaban J connectivity index is 1.92. The molecule has 1 unspecified atom stereocenters. The molecule has 1 aromatic heterocycles. The molecule has 122 valence electrons. The van der Waals surface area contributed by atoms with E-state index in [1.807, 2.05) is 0 Å². The molecule has 0 amide bonds. The van der Waals surface area contributed by atoms with Crippen LogP contribution in [0.1, 0.15) is 17.4 Å². The second-order valence-electron chi connectivity index (χ2n) is 5.03. The lowest BCUT2D eigenvalue weighted by molar-refractivity contribution is -0.385. The maximum Gasteiger partial charge on any atom is 0.311 e. The van der Waals surface area contributed by atoms with Crippen molar-refractivity contribution >= 4 is 17.3 Å². The molecule has 0 aliphatic carbocycles. The van der Waals surface area contributed by atoms with Crippen molar-refractivity contribution in [3.8, 4) is 17.1 Å². The van der Waals surface area contributed by atoms with Gasteiger partial charge in [0.05, 0.1) is 11.0 Å². The van der Waals surface area contributed by atoms with Crippen LogP contribution in [0.3, 0.4) is 0 Å². The molecule has 2 aromatic carbocycles. The van der Waals surface area contributed by atoms with Crippen molar-refractivity contribution in [1.29, 1.82) is 0 Å². The SMILES string of the molecule is NC(c1ccc(Cl)cc1)c1nc(-c2ccc(O)c([N+](=O)[O-])c2)n[nH]1. The minimum absolute atomic E-state index is 0.248. The van der Waals surface area contributed by atoms with E-state index in [1.165, 1.54) is 18.2 Å². The van der Waals surface area contributed by atoms with Crippen molar-refractivity contribution in [3.63, 3.8) is 0 Å². The number of nitro benzene ring substituents is 1. The number of aromatic amines is 1. The molecule has 0 fully saturated rings. The standard InChI is InChI=1S/C15H12ClN5O3/c16-10-4-1-8(2-5-10)13(17)15-18-14(19-20-15)9-3-6-12(22)11(7-9)21(23)24/h1-7,13,22H,17H2,(H,18,19,20). The van der Waals surface area contributed by atoms with E-state index in [2.05, 4.69) is 15.2 Å². The molecule has 3 aromatic rings. The van der Waals surface area contributed by atoms with Crippen LogP contribution in [0.25, 0.3) is 11.4 Å². The van der Waals surface area contributed by atoms with Crippen LogP contribution in [0.5, 0.6) is 5.75 Å². The van der Waals surface area contributed by atoms with E-state index in [4.69, 9.17) is 17.3 Å². The van der Waals surface area contributed by atoms with E-state index in [9.17, 15) is 15.2 Å². The Kier molecular flexibility index (Phi) is 4.15. The van der Waals surface area contributed by atoms with Crippen molar-refractivity contribution in [2.24, 2.45) is 5.73 Å². The van der Waals surface area contributed by atoms with Gasteiger partial charge < -0.3 is 10.8 Å². The van der Waals surface area contributed by atoms with E-state index < -0.39 is 22.4 Å². The number of H-pyrrole nitrogens is 1. The zero-order valence-corrected chi connectivity index (χ0v) is 12.9. The summed E-state index contributed by atoms with van der Waals surface area (Å²) < 4.78 is 0. The molecule has 0 aliphatic heterocycles. The average molecular weight is 346 g/mol. The maximum atomic E-state index is 10.9. The number of phenols is 1. The van der Waals surface area contributed by atoms with Gasteiger partial charge in [-0.05, 0) is 29.8 Å². The molecule has 0 radical (unpaired) electrons. The summed E-state index contributed by atoms with van der Waals surface area (Å²) in [7, 11) is 0. The summed E-state index contributed by atoms with van der Waals surface area (Å²) in [6.07, 6.45) is 0. The van der Waals surface area contributed by atoms with E-state index in [0.717, 1.165) is 5.56 Å². The van der Waals surface area contributed by atoms with E-state index in [0.29, 0.717) is 16.4 Å². The van der Waals surface area contributed by atoms with Crippen LogP contribution in [0.15, 0.2) is 42.5 Å². The van der Waals surface area contributed by atoms with Crippen molar-refractivity contribution < 1.29 is 10.0 Å². The molecule has 24 heavy (non-hydrogen) atoms. The normalized spacial score (nSPS) is 12.1. The Morgan fingerprint density at radius 3 is 2.62 bits per heavy atom. The second kappa shape index (κ2) is 6.26. The highest BCUT2D eigenvalue weighted by Gasteiger charge is 2.18. The number of hydrogen-bond acceptors (Lipinski definition) is 6. The molecule has 0 aliphatic rings. The molecule has 1 atom stereocenters. The zero-order chi connectivity index (χ0) is 17.3. The van der Waals surface area contributed by atoms with Crippen LogP contribution >= 0.6 is 11.6 Å². The lowest BCUT2D eigenvalue weighted by atomic mass is 10.1. The largest absolute Gasteiger partial charge is 0.502 e. The Morgan fingerprint density at radius 1 is 1.25 bits per heavy atom. The highest BCUT2D eigenvalue weighted by molar-refractivity contribution is 6.30. The second-order valence-corrected chi connectivity index (χ2v) is 5.47. The number of nitrogens with one attached hydrogen (secondary N) is 1. The predicted molar refractivity (Wildman–Crippen MR) is 87.6 cm³/mol. The first-order valence-corrected chi connectivity index (χ1v) is 7.24. The minimum atomic E-state index is -0.675. The first-order valence-electron chi connectivity index (χ1n) is 6.87. The molecule has 0 saturated heterocycles. The fourth-order valence-electron chi connectivity index (χ4n) is 2.18. The van der Waals surface area contributed by atoms with Crippen LogP contribution in [0.2, 0.25) is 5.02 Å². The molecular formula is C15H12ClN5O3. The summed E-state index contributed by atoms with van der Waals surface area (Å²) in [4.78, 5) is 14.5. The third-order valence-electron chi connectivity index (χ3n) is 3.46. The molecule has 3 rings (SSSR count). The van der Waals surface area contributed by atoms with Crippen molar-refractivity contribution in [3.05, 3.63) is 69.0 Å². The number of hydrogen-bond donors (Lipinski definition) is 3. The van der Waals surface area contributed by atoms with Crippen LogP contribution in [0, 0.1) is 10.1 Å². The number of phenolic OH excluding ortho intramolecular Hbond substituents is 1. The maximum absolute atomic E-state index is 10.9. The number of nitrogens with two attached hydrogens (primary N) is 1. The van der Waals surface area contributed by atoms with Crippen LogP contribution in [-0.4, -0.2) is 25.2 Å². The molecule has 8 nitrogen and oxygen atoms in total. The Bertz CT molecular complexity index is 894. The van der Waals surface area contributed by atoms with Gasteiger partial charge in [0.2, 0.25) is 0 Å². The van der Waals surface area contributed by atoms with Gasteiger partial charge in [0, 0.05) is 16.7 Å². The van der Waals surface area contributed by atoms with E-state index in [1.54, 1.807) is 24.3 Å². The molecule has 0 saturated carbocycles. The van der Waals surface area contributed by atoms with E-state index >= 15 is 0 Å². The van der Waals surface area contributed by atoms with Crippen molar-refractivity contribution in [2.75, 3.05) is 0 Å². The number of aromatic nitrogens is 3. The van der Waals surface area contributed by atoms with Gasteiger partial charge in [0.15, 0.2) is 11.6 Å². The number of halogens is 1. The lowest BCUT2D eigenvalue weighted by Crippen LogP contribution is -2.13.